The summed E-state index contributed by atoms with van der Waals surface area (Å²) in [5.74, 6) is 0. The molecule has 0 unspecified atom stereocenters. The average molecular weight is 232 g/mol. The third-order valence-electron chi connectivity index (χ3n) is 3.09. The van der Waals surface area contributed by atoms with Gasteiger partial charge in [-0.05, 0) is 25.5 Å². The van der Waals surface area contributed by atoms with Gasteiger partial charge in [-0.3, -0.25) is 0 Å². The van der Waals surface area contributed by atoms with Crippen molar-refractivity contribution in [2.75, 3.05) is 6.61 Å². The van der Waals surface area contributed by atoms with Gasteiger partial charge in [-0.15, -0.1) is 0 Å². The van der Waals surface area contributed by atoms with Crippen LogP contribution in [-0.2, 0) is 24.4 Å². The lowest BCUT2D eigenvalue weighted by molar-refractivity contribution is 0.135. The van der Waals surface area contributed by atoms with Gasteiger partial charge in [-0.25, -0.2) is 0 Å². The molecule has 0 saturated carbocycles. The molecule has 0 saturated heterocycles. The highest BCUT2D eigenvalue weighted by atomic mass is 16.5. The number of ether oxygens (including phenoxy) is 1. The minimum absolute atomic E-state index is 0.574. The number of aryl methyl sites for hydroxylation is 1. The topological polar surface area (TPSA) is 40.2 Å². The van der Waals surface area contributed by atoms with E-state index in [1.165, 1.54) is 22.0 Å². The zero-order valence-electron chi connectivity index (χ0n) is 10.6. The van der Waals surface area contributed by atoms with Crippen molar-refractivity contribution in [3.63, 3.8) is 0 Å². The molecule has 0 spiro atoms. The summed E-state index contributed by atoms with van der Waals surface area (Å²) in [7, 11) is 0. The monoisotopic (exact) mass is 232 g/mol. The van der Waals surface area contributed by atoms with Crippen LogP contribution in [0.4, 0.5) is 0 Å². The Balaban J connectivity index is 2.57. The van der Waals surface area contributed by atoms with Gasteiger partial charge in [0.05, 0.1) is 6.61 Å². The summed E-state index contributed by atoms with van der Waals surface area (Å²) in [5.41, 5.74) is 9.51. The molecule has 92 valence electrons. The van der Waals surface area contributed by atoms with Crippen LogP contribution in [0, 0.1) is 0 Å². The Morgan fingerprint density at radius 2 is 2.06 bits per heavy atom. The molecule has 2 rings (SSSR count). The Labute approximate surface area is 102 Å². The first-order chi connectivity index (χ1) is 8.31. The van der Waals surface area contributed by atoms with Crippen LogP contribution in [-0.4, -0.2) is 11.2 Å². The summed E-state index contributed by atoms with van der Waals surface area (Å²) in [4.78, 5) is 0. The first kappa shape index (κ1) is 12.1. The fourth-order valence-corrected chi connectivity index (χ4v) is 2.27. The van der Waals surface area contributed by atoms with E-state index in [9.17, 15) is 0 Å². The highest BCUT2D eigenvalue weighted by Gasteiger charge is 2.10. The number of fused-ring (bicyclic) bond motifs is 1. The summed E-state index contributed by atoms with van der Waals surface area (Å²) >= 11 is 0. The van der Waals surface area contributed by atoms with Gasteiger partial charge < -0.3 is 15.0 Å². The molecule has 2 aromatic rings. The second-order valence-electron chi connectivity index (χ2n) is 4.09. The molecule has 0 radical (unpaired) electrons. The molecule has 2 N–H and O–H groups in total. The number of aromatic nitrogens is 1. The van der Waals surface area contributed by atoms with E-state index in [1.807, 2.05) is 6.92 Å². The van der Waals surface area contributed by atoms with Crippen molar-refractivity contribution >= 4 is 10.9 Å². The maximum atomic E-state index is 5.81. The Bertz CT molecular complexity index is 502. The maximum absolute atomic E-state index is 5.81. The second-order valence-corrected chi connectivity index (χ2v) is 4.09. The van der Waals surface area contributed by atoms with Crippen molar-refractivity contribution in [2.24, 2.45) is 5.73 Å². The number of benzene rings is 1. The molecule has 1 heterocycles. The van der Waals surface area contributed by atoms with Crippen LogP contribution < -0.4 is 5.73 Å². The van der Waals surface area contributed by atoms with E-state index < -0.39 is 0 Å². The quantitative estimate of drug-likeness (QED) is 0.861. The van der Waals surface area contributed by atoms with Crippen molar-refractivity contribution in [1.29, 1.82) is 0 Å². The number of hydrogen-bond donors (Lipinski definition) is 1. The lowest BCUT2D eigenvalue weighted by Crippen LogP contribution is -1.98. The van der Waals surface area contributed by atoms with Crippen molar-refractivity contribution in [1.82, 2.24) is 4.57 Å². The third-order valence-corrected chi connectivity index (χ3v) is 3.09. The van der Waals surface area contributed by atoms with Gasteiger partial charge in [0.25, 0.3) is 0 Å². The molecule has 0 fully saturated rings. The summed E-state index contributed by atoms with van der Waals surface area (Å²) in [6.45, 7) is 7.11. The fourth-order valence-electron chi connectivity index (χ4n) is 2.27. The normalized spacial score (nSPS) is 11.2. The highest BCUT2D eigenvalue weighted by molar-refractivity contribution is 5.87. The number of nitrogens with two attached hydrogens (primary N) is 1. The van der Waals surface area contributed by atoms with Gasteiger partial charge in [0.1, 0.15) is 0 Å². The number of hydrogen-bond acceptors (Lipinski definition) is 2. The molecule has 1 aromatic heterocycles. The Morgan fingerprint density at radius 1 is 1.24 bits per heavy atom. The van der Waals surface area contributed by atoms with Crippen molar-refractivity contribution < 1.29 is 4.74 Å². The van der Waals surface area contributed by atoms with Gasteiger partial charge >= 0.3 is 0 Å². The molecule has 0 aliphatic carbocycles. The molecule has 0 bridgehead atoms. The van der Waals surface area contributed by atoms with Crippen LogP contribution in [0.25, 0.3) is 10.9 Å². The van der Waals surface area contributed by atoms with Crippen molar-refractivity contribution in [3.05, 3.63) is 35.5 Å². The van der Waals surface area contributed by atoms with Gasteiger partial charge in [0, 0.05) is 42.4 Å². The predicted molar refractivity (Wildman–Crippen MR) is 70.8 cm³/mol. The third kappa shape index (κ3) is 2.21. The zero-order chi connectivity index (χ0) is 12.3. The Morgan fingerprint density at radius 3 is 2.71 bits per heavy atom. The molecule has 1 aromatic carbocycles. The summed E-state index contributed by atoms with van der Waals surface area (Å²) in [5, 5.41) is 1.27. The van der Waals surface area contributed by atoms with Crippen LogP contribution in [0.1, 0.15) is 25.0 Å². The van der Waals surface area contributed by atoms with Crippen LogP contribution in [0.3, 0.4) is 0 Å². The summed E-state index contributed by atoms with van der Waals surface area (Å²) < 4.78 is 7.78. The van der Waals surface area contributed by atoms with E-state index in [2.05, 4.69) is 35.9 Å². The molecular weight excluding hydrogens is 212 g/mol. The van der Waals surface area contributed by atoms with Gasteiger partial charge in [-0.2, -0.15) is 0 Å². The lowest BCUT2D eigenvalue weighted by atomic mass is 10.1. The van der Waals surface area contributed by atoms with E-state index in [1.54, 1.807) is 0 Å². The van der Waals surface area contributed by atoms with Gasteiger partial charge in [0.2, 0.25) is 0 Å². The molecule has 3 nitrogen and oxygen atoms in total. The van der Waals surface area contributed by atoms with Gasteiger partial charge in [0.15, 0.2) is 0 Å². The molecule has 0 aliphatic rings. The summed E-state index contributed by atoms with van der Waals surface area (Å²) in [6, 6.07) is 6.31. The predicted octanol–water partition coefficient (Wildman–Crippen LogP) is 2.66. The first-order valence-electron chi connectivity index (χ1n) is 6.19. The molecular formula is C14H20N2O. The molecule has 0 aliphatic heterocycles. The van der Waals surface area contributed by atoms with E-state index in [-0.39, 0.29) is 0 Å². The highest BCUT2D eigenvalue weighted by Crippen LogP contribution is 2.25. The maximum Gasteiger partial charge on any atom is 0.0737 e. The second kappa shape index (κ2) is 5.34. The van der Waals surface area contributed by atoms with Crippen LogP contribution >= 0.6 is 0 Å². The fraction of sp³-hybridized carbons (Fsp3) is 0.429. The zero-order valence-corrected chi connectivity index (χ0v) is 10.6. The van der Waals surface area contributed by atoms with Crippen LogP contribution in [0.2, 0.25) is 0 Å². The minimum atomic E-state index is 0.574. The Hall–Kier alpha value is -1.32. The smallest absolute Gasteiger partial charge is 0.0737 e. The summed E-state index contributed by atoms with van der Waals surface area (Å²) in [6.07, 6.45) is 2.18. The Kier molecular flexibility index (Phi) is 3.82. The van der Waals surface area contributed by atoms with E-state index in [0.29, 0.717) is 13.2 Å². The average Bonchev–Trinajstić information content (AvgIpc) is 2.74. The van der Waals surface area contributed by atoms with Crippen LogP contribution in [0.15, 0.2) is 24.4 Å². The number of rotatable bonds is 5. The molecule has 3 heteroatoms. The standard InChI is InChI=1S/C14H20N2O/c1-3-16-9-12(10-17-4-2)14-11(8-15)6-5-7-13(14)16/h5-7,9H,3-4,8,10,15H2,1-2H3. The van der Waals surface area contributed by atoms with Crippen LogP contribution in [0.5, 0.6) is 0 Å². The lowest BCUT2D eigenvalue weighted by Gasteiger charge is -2.04. The molecule has 0 amide bonds. The molecule has 17 heavy (non-hydrogen) atoms. The minimum Gasteiger partial charge on any atom is -0.377 e. The largest absolute Gasteiger partial charge is 0.377 e. The first-order valence-corrected chi connectivity index (χ1v) is 6.19. The van der Waals surface area contributed by atoms with E-state index in [0.717, 1.165) is 13.2 Å². The van der Waals surface area contributed by atoms with E-state index in [4.69, 9.17) is 10.5 Å². The van der Waals surface area contributed by atoms with Crippen molar-refractivity contribution in [2.45, 2.75) is 33.5 Å². The van der Waals surface area contributed by atoms with E-state index >= 15 is 0 Å². The SMILES string of the molecule is CCOCc1cn(CC)c2cccc(CN)c12. The van der Waals surface area contributed by atoms with Gasteiger partial charge in [-0.1, -0.05) is 12.1 Å². The van der Waals surface area contributed by atoms with Crippen molar-refractivity contribution in [3.8, 4) is 0 Å². The number of nitrogens with zero attached hydrogens (tertiary/aromatic N) is 1. The molecule has 0 atom stereocenters.